The fourth-order valence-electron chi connectivity index (χ4n) is 2.26. The van der Waals surface area contributed by atoms with Crippen molar-refractivity contribution in [2.45, 2.75) is 18.8 Å². The SMILES string of the molecule is Cc1ccc(C(C#N)C(=O)C(=O)C(C#N)c2ccccc2)cc1. The van der Waals surface area contributed by atoms with Crippen LogP contribution in [-0.2, 0) is 9.59 Å². The van der Waals surface area contributed by atoms with Gasteiger partial charge in [-0.2, -0.15) is 10.5 Å². The van der Waals surface area contributed by atoms with E-state index in [1.165, 1.54) is 0 Å². The van der Waals surface area contributed by atoms with E-state index in [1.54, 1.807) is 54.6 Å². The molecule has 0 bridgehead atoms. The lowest BCUT2D eigenvalue weighted by atomic mass is 9.86. The van der Waals surface area contributed by atoms with Crippen LogP contribution in [0.1, 0.15) is 28.5 Å². The summed E-state index contributed by atoms with van der Waals surface area (Å²) in [7, 11) is 0. The predicted molar refractivity (Wildman–Crippen MR) is 84.3 cm³/mol. The van der Waals surface area contributed by atoms with Crippen molar-refractivity contribution in [1.29, 1.82) is 10.5 Å². The Morgan fingerprint density at radius 3 is 1.65 bits per heavy atom. The molecular weight excluding hydrogens is 288 g/mol. The van der Waals surface area contributed by atoms with Crippen LogP contribution in [-0.4, -0.2) is 11.6 Å². The van der Waals surface area contributed by atoms with Gasteiger partial charge in [0, 0.05) is 0 Å². The zero-order valence-corrected chi connectivity index (χ0v) is 12.6. The van der Waals surface area contributed by atoms with E-state index in [0.29, 0.717) is 11.1 Å². The summed E-state index contributed by atoms with van der Waals surface area (Å²) in [6.45, 7) is 1.89. The number of nitriles is 2. The van der Waals surface area contributed by atoms with Gasteiger partial charge in [-0.15, -0.1) is 0 Å². The van der Waals surface area contributed by atoms with Gasteiger partial charge in [0.15, 0.2) is 0 Å². The molecule has 0 heterocycles. The first-order valence-corrected chi connectivity index (χ1v) is 7.07. The van der Waals surface area contributed by atoms with Gasteiger partial charge in [0.2, 0.25) is 11.6 Å². The van der Waals surface area contributed by atoms with E-state index < -0.39 is 23.4 Å². The largest absolute Gasteiger partial charge is 0.289 e. The first-order chi connectivity index (χ1) is 11.1. The highest BCUT2D eigenvalue weighted by Gasteiger charge is 2.33. The third kappa shape index (κ3) is 3.51. The third-order valence-corrected chi connectivity index (χ3v) is 3.57. The number of rotatable bonds is 5. The molecule has 2 rings (SSSR count). The quantitative estimate of drug-likeness (QED) is 0.795. The van der Waals surface area contributed by atoms with Crippen molar-refractivity contribution in [3.05, 3.63) is 71.3 Å². The second kappa shape index (κ2) is 7.15. The minimum absolute atomic E-state index is 0.453. The van der Waals surface area contributed by atoms with Gasteiger partial charge in [-0.1, -0.05) is 60.2 Å². The second-order valence-electron chi connectivity index (χ2n) is 5.17. The van der Waals surface area contributed by atoms with Crippen LogP contribution in [0.25, 0.3) is 0 Å². The summed E-state index contributed by atoms with van der Waals surface area (Å²) in [5.41, 5.74) is 1.90. The lowest BCUT2D eigenvalue weighted by molar-refractivity contribution is -0.137. The molecule has 0 amide bonds. The smallest absolute Gasteiger partial charge is 0.221 e. The van der Waals surface area contributed by atoms with E-state index in [0.717, 1.165) is 5.56 Å². The van der Waals surface area contributed by atoms with Crippen LogP contribution in [0.3, 0.4) is 0 Å². The molecule has 0 aliphatic heterocycles. The Kier molecular flexibility index (Phi) is 5.02. The minimum atomic E-state index is -1.19. The Labute approximate surface area is 134 Å². The van der Waals surface area contributed by atoms with Crippen LogP contribution in [0, 0.1) is 29.6 Å². The molecule has 2 aromatic carbocycles. The van der Waals surface area contributed by atoms with E-state index in [2.05, 4.69) is 0 Å². The summed E-state index contributed by atoms with van der Waals surface area (Å²) < 4.78 is 0. The molecule has 112 valence electrons. The average Bonchev–Trinajstić information content (AvgIpc) is 2.58. The van der Waals surface area contributed by atoms with Crippen LogP contribution in [0.5, 0.6) is 0 Å². The van der Waals surface area contributed by atoms with Gasteiger partial charge in [-0.3, -0.25) is 9.59 Å². The fraction of sp³-hybridized carbons (Fsp3) is 0.158. The highest BCUT2D eigenvalue weighted by Crippen LogP contribution is 2.23. The molecule has 2 aromatic rings. The maximum Gasteiger partial charge on any atom is 0.221 e. The number of benzene rings is 2. The molecule has 0 fully saturated rings. The first-order valence-electron chi connectivity index (χ1n) is 7.07. The number of carbonyl (C=O) groups is 2. The number of ketones is 2. The third-order valence-electron chi connectivity index (χ3n) is 3.57. The van der Waals surface area contributed by atoms with Gasteiger partial charge < -0.3 is 0 Å². The zero-order valence-electron chi connectivity index (χ0n) is 12.6. The maximum atomic E-state index is 12.4. The number of aryl methyl sites for hydroxylation is 1. The Morgan fingerprint density at radius 1 is 0.783 bits per heavy atom. The molecule has 0 N–H and O–H groups in total. The van der Waals surface area contributed by atoms with Gasteiger partial charge in [-0.25, -0.2) is 0 Å². The highest BCUT2D eigenvalue weighted by molar-refractivity contribution is 6.42. The number of Topliss-reactive ketones (excluding diaryl/α,β-unsaturated/α-hetero) is 2. The summed E-state index contributed by atoms with van der Waals surface area (Å²) in [5, 5.41) is 18.5. The summed E-state index contributed by atoms with van der Waals surface area (Å²) in [5.74, 6) is -4.09. The van der Waals surface area contributed by atoms with E-state index >= 15 is 0 Å². The minimum Gasteiger partial charge on any atom is -0.289 e. The molecule has 0 radical (unpaired) electrons. The molecule has 4 heteroatoms. The highest BCUT2D eigenvalue weighted by atomic mass is 16.2. The van der Waals surface area contributed by atoms with E-state index in [-0.39, 0.29) is 0 Å². The maximum absolute atomic E-state index is 12.4. The predicted octanol–water partition coefficient (Wildman–Crippen LogP) is 3.05. The van der Waals surface area contributed by atoms with Gasteiger partial charge in [-0.05, 0) is 18.1 Å². The molecule has 0 aliphatic carbocycles. The van der Waals surface area contributed by atoms with Crippen molar-refractivity contribution in [2.24, 2.45) is 0 Å². The first kappa shape index (κ1) is 16.1. The van der Waals surface area contributed by atoms with Gasteiger partial charge in [0.05, 0.1) is 12.1 Å². The van der Waals surface area contributed by atoms with Crippen LogP contribution < -0.4 is 0 Å². The van der Waals surface area contributed by atoms with Crippen LogP contribution in [0.4, 0.5) is 0 Å². The lowest BCUT2D eigenvalue weighted by Gasteiger charge is -2.11. The molecule has 2 atom stereocenters. The van der Waals surface area contributed by atoms with E-state index in [4.69, 9.17) is 0 Å². The normalized spacial score (nSPS) is 12.5. The number of carbonyl (C=O) groups excluding carboxylic acids is 2. The molecule has 0 aliphatic rings. The second-order valence-corrected chi connectivity index (χ2v) is 5.17. The summed E-state index contributed by atoms with van der Waals surface area (Å²) in [6.07, 6.45) is 0. The number of hydrogen-bond donors (Lipinski definition) is 0. The Hall–Kier alpha value is -3.24. The van der Waals surface area contributed by atoms with Crippen molar-refractivity contribution in [3.63, 3.8) is 0 Å². The summed E-state index contributed by atoms with van der Waals surface area (Å²) in [4.78, 5) is 24.8. The molecule has 23 heavy (non-hydrogen) atoms. The zero-order chi connectivity index (χ0) is 16.8. The van der Waals surface area contributed by atoms with Gasteiger partial charge in [0.25, 0.3) is 0 Å². The van der Waals surface area contributed by atoms with E-state index in [9.17, 15) is 20.1 Å². The molecule has 0 saturated heterocycles. The van der Waals surface area contributed by atoms with Crippen LogP contribution in [0.2, 0.25) is 0 Å². The summed E-state index contributed by atoms with van der Waals surface area (Å²) in [6, 6.07) is 19.0. The van der Waals surface area contributed by atoms with Crippen molar-refractivity contribution < 1.29 is 9.59 Å². The topological polar surface area (TPSA) is 81.7 Å². The summed E-state index contributed by atoms with van der Waals surface area (Å²) >= 11 is 0. The monoisotopic (exact) mass is 302 g/mol. The number of nitrogens with zero attached hydrogens (tertiary/aromatic N) is 2. The molecule has 0 saturated carbocycles. The molecule has 4 nitrogen and oxygen atoms in total. The van der Waals surface area contributed by atoms with Crippen molar-refractivity contribution in [2.75, 3.05) is 0 Å². The molecular formula is C19H14N2O2. The van der Waals surface area contributed by atoms with Gasteiger partial charge in [0.1, 0.15) is 11.8 Å². The van der Waals surface area contributed by atoms with Crippen molar-refractivity contribution in [3.8, 4) is 12.1 Å². The molecule has 0 aromatic heterocycles. The molecule has 0 spiro atoms. The van der Waals surface area contributed by atoms with E-state index in [1.807, 2.05) is 19.1 Å². The average molecular weight is 302 g/mol. The van der Waals surface area contributed by atoms with Crippen molar-refractivity contribution >= 4 is 11.6 Å². The fourth-order valence-corrected chi connectivity index (χ4v) is 2.26. The van der Waals surface area contributed by atoms with Crippen molar-refractivity contribution in [1.82, 2.24) is 0 Å². The molecule has 2 unspecified atom stereocenters. The van der Waals surface area contributed by atoms with Crippen LogP contribution >= 0.6 is 0 Å². The standard InChI is InChI=1S/C19H14N2O2/c1-13-7-9-15(10-8-13)17(12-21)19(23)18(22)16(11-20)14-5-3-2-4-6-14/h2-10,16-17H,1H3. The Balaban J connectivity index is 2.30. The van der Waals surface area contributed by atoms with Crippen LogP contribution in [0.15, 0.2) is 54.6 Å². The lowest BCUT2D eigenvalue weighted by Crippen LogP contribution is -2.26. The number of hydrogen-bond acceptors (Lipinski definition) is 4. The Morgan fingerprint density at radius 2 is 1.22 bits per heavy atom. The Bertz CT molecular complexity index is 796. The van der Waals surface area contributed by atoms with Gasteiger partial charge >= 0.3 is 0 Å².